The van der Waals surface area contributed by atoms with Gasteiger partial charge in [0.15, 0.2) is 5.78 Å². The van der Waals surface area contributed by atoms with E-state index in [9.17, 15) is 4.79 Å². The van der Waals surface area contributed by atoms with Gasteiger partial charge in [0.05, 0.1) is 5.69 Å². The van der Waals surface area contributed by atoms with E-state index < -0.39 is 0 Å². The van der Waals surface area contributed by atoms with Crippen LogP contribution in [-0.2, 0) is 6.42 Å². The van der Waals surface area contributed by atoms with Crippen molar-refractivity contribution in [2.45, 2.75) is 26.2 Å². The maximum atomic E-state index is 11.8. The number of fused-ring (bicyclic) bond motifs is 1. The molecule has 1 aliphatic carbocycles. The Balaban J connectivity index is 2.23. The van der Waals surface area contributed by atoms with Crippen molar-refractivity contribution in [3.8, 4) is 5.69 Å². The second-order valence-electron chi connectivity index (χ2n) is 4.24. The lowest BCUT2D eigenvalue weighted by Crippen LogP contribution is -2.12. The third-order valence-electron chi connectivity index (χ3n) is 3.17. The maximum absolute atomic E-state index is 11.8. The molecule has 3 rings (SSSR count). The fourth-order valence-corrected chi connectivity index (χ4v) is 3.09. The Morgan fingerprint density at radius 1 is 1.38 bits per heavy atom. The summed E-state index contributed by atoms with van der Waals surface area (Å²) in [6, 6.07) is 4.14. The van der Waals surface area contributed by atoms with E-state index in [2.05, 4.69) is 28.3 Å². The topological polar surface area (TPSA) is 22.0 Å². The largest absolute Gasteiger partial charge is 0.317 e. The zero-order valence-electron chi connectivity index (χ0n) is 9.19. The summed E-state index contributed by atoms with van der Waals surface area (Å²) in [5.74, 6) is 0.304. The Bertz CT molecular complexity index is 537. The molecule has 82 valence electrons. The van der Waals surface area contributed by atoms with Gasteiger partial charge < -0.3 is 4.57 Å². The molecule has 0 amide bonds. The first-order valence-electron chi connectivity index (χ1n) is 5.54. The zero-order valence-corrected chi connectivity index (χ0v) is 10.0. The number of rotatable bonds is 1. The minimum Gasteiger partial charge on any atom is -0.317 e. The van der Waals surface area contributed by atoms with Crippen LogP contribution in [0.2, 0.25) is 0 Å². The molecule has 0 fully saturated rings. The van der Waals surface area contributed by atoms with E-state index in [1.54, 1.807) is 11.3 Å². The molecule has 0 unspecified atom stereocenters. The summed E-state index contributed by atoms with van der Waals surface area (Å²) in [7, 11) is 0. The molecule has 0 radical (unpaired) electrons. The van der Waals surface area contributed by atoms with Crippen molar-refractivity contribution in [1.29, 1.82) is 0 Å². The van der Waals surface area contributed by atoms with Crippen molar-refractivity contribution >= 4 is 17.1 Å². The molecule has 16 heavy (non-hydrogen) atoms. The number of ketones is 1. The van der Waals surface area contributed by atoms with Crippen LogP contribution in [0, 0.1) is 6.92 Å². The Morgan fingerprint density at radius 3 is 3.00 bits per heavy atom. The van der Waals surface area contributed by atoms with Crippen LogP contribution >= 0.6 is 11.3 Å². The van der Waals surface area contributed by atoms with Crippen molar-refractivity contribution in [1.82, 2.24) is 4.57 Å². The number of nitrogens with zero attached hydrogens (tertiary/aromatic N) is 1. The van der Waals surface area contributed by atoms with Gasteiger partial charge in [-0.25, -0.2) is 0 Å². The number of hydrogen-bond acceptors (Lipinski definition) is 2. The lowest BCUT2D eigenvalue weighted by Gasteiger charge is -2.14. The van der Waals surface area contributed by atoms with Crippen LogP contribution in [0.1, 0.15) is 34.6 Å². The van der Waals surface area contributed by atoms with Crippen molar-refractivity contribution < 1.29 is 4.79 Å². The second-order valence-corrected chi connectivity index (χ2v) is 5.02. The summed E-state index contributed by atoms with van der Waals surface area (Å²) in [6.07, 6.45) is 2.71. The number of aryl methyl sites for hydroxylation is 1. The fourth-order valence-electron chi connectivity index (χ4n) is 2.47. The first kappa shape index (κ1) is 9.85. The molecule has 0 saturated heterocycles. The molecule has 2 aromatic heterocycles. The SMILES string of the molecule is Cc1cc2c(n1-c1ccsc1)CCCC2=O. The first-order chi connectivity index (χ1) is 7.77. The number of hydrogen-bond donors (Lipinski definition) is 0. The molecule has 0 N–H and O–H groups in total. The lowest BCUT2D eigenvalue weighted by molar-refractivity contribution is 0.0972. The third kappa shape index (κ3) is 1.35. The van der Waals surface area contributed by atoms with E-state index in [0.29, 0.717) is 12.2 Å². The number of carbonyl (C=O) groups excluding carboxylic acids is 1. The van der Waals surface area contributed by atoms with E-state index >= 15 is 0 Å². The molecular weight excluding hydrogens is 218 g/mol. The van der Waals surface area contributed by atoms with E-state index in [4.69, 9.17) is 0 Å². The van der Waals surface area contributed by atoms with Gasteiger partial charge in [-0.15, -0.1) is 0 Å². The second kappa shape index (κ2) is 3.59. The predicted molar refractivity (Wildman–Crippen MR) is 65.7 cm³/mol. The van der Waals surface area contributed by atoms with Crippen LogP contribution < -0.4 is 0 Å². The van der Waals surface area contributed by atoms with Crippen LogP contribution in [0.4, 0.5) is 0 Å². The van der Waals surface area contributed by atoms with Crippen LogP contribution in [0.5, 0.6) is 0 Å². The summed E-state index contributed by atoms with van der Waals surface area (Å²) in [5, 5.41) is 4.21. The molecule has 0 aliphatic heterocycles. The minimum atomic E-state index is 0.304. The van der Waals surface area contributed by atoms with Gasteiger partial charge in [0, 0.05) is 28.8 Å². The van der Waals surface area contributed by atoms with Gasteiger partial charge in [0.1, 0.15) is 0 Å². The normalized spacial score (nSPS) is 15.2. The monoisotopic (exact) mass is 231 g/mol. The van der Waals surface area contributed by atoms with Crippen molar-refractivity contribution in [2.24, 2.45) is 0 Å². The summed E-state index contributed by atoms with van der Waals surface area (Å²) in [4.78, 5) is 11.8. The highest BCUT2D eigenvalue weighted by Crippen LogP contribution is 2.28. The van der Waals surface area contributed by atoms with Gasteiger partial charge in [-0.3, -0.25) is 4.79 Å². The van der Waals surface area contributed by atoms with Crippen LogP contribution in [0.25, 0.3) is 5.69 Å². The molecule has 0 aromatic carbocycles. The Morgan fingerprint density at radius 2 is 2.25 bits per heavy atom. The summed E-state index contributed by atoms with van der Waals surface area (Å²) < 4.78 is 2.23. The van der Waals surface area contributed by atoms with Crippen molar-refractivity contribution in [3.63, 3.8) is 0 Å². The van der Waals surface area contributed by atoms with Crippen LogP contribution in [-0.4, -0.2) is 10.4 Å². The first-order valence-corrected chi connectivity index (χ1v) is 6.48. The molecule has 0 saturated carbocycles. The van der Waals surface area contributed by atoms with E-state index in [0.717, 1.165) is 18.4 Å². The van der Waals surface area contributed by atoms with Gasteiger partial charge in [0.25, 0.3) is 0 Å². The van der Waals surface area contributed by atoms with Crippen LogP contribution in [0.15, 0.2) is 22.9 Å². The standard InChI is InChI=1S/C13H13NOS/c1-9-7-11-12(3-2-4-13(11)15)14(9)10-5-6-16-8-10/h5-8H,2-4H2,1H3. The third-order valence-corrected chi connectivity index (χ3v) is 3.84. The fraction of sp³-hybridized carbons (Fsp3) is 0.308. The minimum absolute atomic E-state index is 0.304. The highest BCUT2D eigenvalue weighted by molar-refractivity contribution is 7.08. The molecule has 2 heterocycles. The van der Waals surface area contributed by atoms with Crippen molar-refractivity contribution in [3.05, 3.63) is 39.8 Å². The summed E-state index contributed by atoms with van der Waals surface area (Å²) in [5.41, 5.74) is 4.50. The van der Waals surface area contributed by atoms with Gasteiger partial charge in [-0.2, -0.15) is 11.3 Å². The van der Waals surface area contributed by atoms with E-state index in [1.807, 2.05) is 6.07 Å². The van der Waals surface area contributed by atoms with Gasteiger partial charge in [-0.05, 0) is 37.3 Å². The Labute approximate surface area is 98.5 Å². The summed E-state index contributed by atoms with van der Waals surface area (Å²) in [6.45, 7) is 2.07. The molecule has 0 bridgehead atoms. The molecule has 3 heteroatoms. The predicted octanol–water partition coefficient (Wildman–Crippen LogP) is 3.37. The maximum Gasteiger partial charge on any atom is 0.164 e. The molecule has 0 atom stereocenters. The highest BCUT2D eigenvalue weighted by Gasteiger charge is 2.23. The number of thiophene rings is 1. The van der Waals surface area contributed by atoms with Gasteiger partial charge >= 0.3 is 0 Å². The summed E-state index contributed by atoms with van der Waals surface area (Å²) >= 11 is 1.69. The molecule has 0 spiro atoms. The van der Waals surface area contributed by atoms with Crippen molar-refractivity contribution in [2.75, 3.05) is 0 Å². The average molecular weight is 231 g/mol. The van der Waals surface area contributed by atoms with Gasteiger partial charge in [-0.1, -0.05) is 0 Å². The number of carbonyl (C=O) groups is 1. The quantitative estimate of drug-likeness (QED) is 0.737. The Kier molecular flexibility index (Phi) is 2.21. The molecular formula is C13H13NOS. The lowest BCUT2D eigenvalue weighted by atomic mass is 9.96. The molecule has 2 aromatic rings. The highest BCUT2D eigenvalue weighted by atomic mass is 32.1. The molecule has 1 aliphatic rings. The van der Waals surface area contributed by atoms with Crippen LogP contribution in [0.3, 0.4) is 0 Å². The number of aromatic nitrogens is 1. The van der Waals surface area contributed by atoms with E-state index in [1.165, 1.54) is 17.1 Å². The molecule has 2 nitrogen and oxygen atoms in total. The smallest absolute Gasteiger partial charge is 0.164 e. The average Bonchev–Trinajstić information content (AvgIpc) is 2.85. The number of Topliss-reactive ketones (excluding diaryl/α,β-unsaturated/α-hetero) is 1. The van der Waals surface area contributed by atoms with E-state index in [-0.39, 0.29) is 0 Å². The van der Waals surface area contributed by atoms with Gasteiger partial charge in [0.2, 0.25) is 0 Å². The zero-order chi connectivity index (χ0) is 11.1. The Hall–Kier alpha value is -1.35.